The lowest BCUT2D eigenvalue weighted by Gasteiger charge is -2.25. The highest BCUT2D eigenvalue weighted by atomic mass is 15.1. The molecule has 1 aromatic rings. The third-order valence-electron chi connectivity index (χ3n) is 2.73. The van der Waals surface area contributed by atoms with Gasteiger partial charge in [0.1, 0.15) is 0 Å². The average Bonchev–Trinajstić information content (AvgIpc) is 2.29. The number of benzene rings is 1. The predicted molar refractivity (Wildman–Crippen MR) is 72.9 cm³/mol. The molecule has 0 radical (unpaired) electrons. The van der Waals surface area contributed by atoms with Gasteiger partial charge < -0.3 is 10.6 Å². The van der Waals surface area contributed by atoms with Crippen molar-refractivity contribution in [2.45, 2.75) is 27.2 Å². The molecule has 0 fully saturated rings. The SMILES string of the molecule is CCN(CC(C)C)c1ccc(N)c(CC#N)c1. The van der Waals surface area contributed by atoms with Gasteiger partial charge in [0.25, 0.3) is 0 Å². The van der Waals surface area contributed by atoms with E-state index in [1.807, 2.05) is 18.2 Å². The van der Waals surface area contributed by atoms with Crippen LogP contribution in [0.1, 0.15) is 26.3 Å². The number of nitrogen functional groups attached to an aromatic ring is 1. The molecule has 3 nitrogen and oxygen atoms in total. The molecular weight excluding hydrogens is 210 g/mol. The molecule has 0 bridgehead atoms. The second-order valence-corrected chi connectivity index (χ2v) is 4.65. The van der Waals surface area contributed by atoms with Gasteiger partial charge in [-0.15, -0.1) is 0 Å². The van der Waals surface area contributed by atoms with E-state index in [1.165, 1.54) is 0 Å². The molecule has 0 aliphatic carbocycles. The molecule has 0 saturated carbocycles. The number of hydrogen-bond donors (Lipinski definition) is 1. The van der Waals surface area contributed by atoms with Crippen LogP contribution >= 0.6 is 0 Å². The first-order chi connectivity index (χ1) is 8.08. The second kappa shape index (κ2) is 6.15. The van der Waals surface area contributed by atoms with Crippen molar-refractivity contribution in [1.82, 2.24) is 0 Å². The molecule has 0 atom stereocenters. The maximum absolute atomic E-state index is 8.76. The highest BCUT2D eigenvalue weighted by molar-refractivity contribution is 5.59. The Balaban J connectivity index is 2.96. The number of anilines is 2. The van der Waals surface area contributed by atoms with Crippen molar-refractivity contribution in [2.75, 3.05) is 23.7 Å². The van der Waals surface area contributed by atoms with Crippen LogP contribution in [-0.4, -0.2) is 13.1 Å². The molecule has 0 aromatic heterocycles. The van der Waals surface area contributed by atoms with Crippen LogP contribution in [-0.2, 0) is 6.42 Å². The maximum atomic E-state index is 8.76. The summed E-state index contributed by atoms with van der Waals surface area (Å²) in [6, 6.07) is 8.11. The van der Waals surface area contributed by atoms with Gasteiger partial charge in [-0.25, -0.2) is 0 Å². The summed E-state index contributed by atoms with van der Waals surface area (Å²) in [6.45, 7) is 8.54. The summed E-state index contributed by atoms with van der Waals surface area (Å²) in [6.07, 6.45) is 0.374. The normalized spacial score (nSPS) is 10.3. The molecule has 92 valence electrons. The first kappa shape index (κ1) is 13.4. The van der Waals surface area contributed by atoms with E-state index in [1.54, 1.807) is 0 Å². The minimum atomic E-state index is 0.374. The van der Waals surface area contributed by atoms with E-state index < -0.39 is 0 Å². The van der Waals surface area contributed by atoms with Gasteiger partial charge in [-0.1, -0.05) is 13.8 Å². The average molecular weight is 231 g/mol. The number of nitrogens with two attached hydrogens (primary N) is 1. The van der Waals surface area contributed by atoms with E-state index in [2.05, 4.69) is 31.7 Å². The van der Waals surface area contributed by atoms with Crippen LogP contribution in [0.5, 0.6) is 0 Å². The van der Waals surface area contributed by atoms with E-state index in [0.717, 1.165) is 24.3 Å². The van der Waals surface area contributed by atoms with E-state index in [-0.39, 0.29) is 0 Å². The standard InChI is InChI=1S/C14H21N3/c1-4-17(10-11(2)3)13-5-6-14(16)12(9-13)7-8-15/h5-6,9,11H,4,7,10,16H2,1-3H3. The van der Waals surface area contributed by atoms with Crippen LogP contribution in [0.2, 0.25) is 0 Å². The zero-order chi connectivity index (χ0) is 12.8. The monoisotopic (exact) mass is 231 g/mol. The lowest BCUT2D eigenvalue weighted by atomic mass is 10.1. The van der Waals surface area contributed by atoms with Crippen LogP contribution in [0.3, 0.4) is 0 Å². The summed E-state index contributed by atoms with van der Waals surface area (Å²) >= 11 is 0. The van der Waals surface area contributed by atoms with Crippen molar-refractivity contribution >= 4 is 11.4 Å². The zero-order valence-electron chi connectivity index (χ0n) is 10.9. The first-order valence-corrected chi connectivity index (χ1v) is 6.08. The summed E-state index contributed by atoms with van der Waals surface area (Å²) in [5.74, 6) is 0.618. The molecular formula is C14H21N3. The predicted octanol–water partition coefficient (Wildman–Crippen LogP) is 2.82. The van der Waals surface area contributed by atoms with E-state index in [9.17, 15) is 0 Å². The fourth-order valence-electron chi connectivity index (χ4n) is 1.88. The van der Waals surface area contributed by atoms with Crippen molar-refractivity contribution in [2.24, 2.45) is 5.92 Å². The Hall–Kier alpha value is -1.69. The fraction of sp³-hybridized carbons (Fsp3) is 0.500. The molecule has 0 heterocycles. The molecule has 0 unspecified atom stereocenters. The number of nitrogens with zero attached hydrogens (tertiary/aromatic N) is 2. The Labute approximate surface area is 104 Å². The number of rotatable bonds is 5. The third kappa shape index (κ3) is 3.67. The van der Waals surface area contributed by atoms with Gasteiger partial charge in [0, 0.05) is 24.5 Å². The molecule has 3 heteroatoms. The van der Waals surface area contributed by atoms with Crippen molar-refractivity contribution in [3.8, 4) is 6.07 Å². The molecule has 17 heavy (non-hydrogen) atoms. The highest BCUT2D eigenvalue weighted by Gasteiger charge is 2.08. The largest absolute Gasteiger partial charge is 0.398 e. The Morgan fingerprint density at radius 3 is 2.65 bits per heavy atom. The van der Waals surface area contributed by atoms with Gasteiger partial charge in [0.15, 0.2) is 0 Å². The van der Waals surface area contributed by atoms with Crippen molar-refractivity contribution < 1.29 is 0 Å². The highest BCUT2D eigenvalue weighted by Crippen LogP contribution is 2.22. The van der Waals surface area contributed by atoms with Gasteiger partial charge in [0.2, 0.25) is 0 Å². The maximum Gasteiger partial charge on any atom is 0.0670 e. The van der Waals surface area contributed by atoms with Gasteiger partial charge in [-0.05, 0) is 36.6 Å². The van der Waals surface area contributed by atoms with E-state index in [0.29, 0.717) is 18.0 Å². The van der Waals surface area contributed by atoms with E-state index >= 15 is 0 Å². The minimum Gasteiger partial charge on any atom is -0.398 e. The lowest BCUT2D eigenvalue weighted by molar-refractivity contribution is 0.618. The van der Waals surface area contributed by atoms with Crippen LogP contribution < -0.4 is 10.6 Å². The number of hydrogen-bond acceptors (Lipinski definition) is 3. The smallest absolute Gasteiger partial charge is 0.0670 e. The molecule has 1 rings (SSSR count). The van der Waals surface area contributed by atoms with Crippen molar-refractivity contribution in [3.05, 3.63) is 23.8 Å². The fourth-order valence-corrected chi connectivity index (χ4v) is 1.88. The lowest BCUT2D eigenvalue weighted by Crippen LogP contribution is -2.27. The summed E-state index contributed by atoms with van der Waals surface area (Å²) in [4.78, 5) is 2.31. The summed E-state index contributed by atoms with van der Waals surface area (Å²) < 4.78 is 0. The molecule has 0 amide bonds. The Bertz CT molecular complexity index is 404. The zero-order valence-corrected chi connectivity index (χ0v) is 10.9. The topological polar surface area (TPSA) is 53.0 Å². The van der Waals surface area contributed by atoms with Gasteiger partial charge >= 0.3 is 0 Å². The number of nitriles is 1. The third-order valence-corrected chi connectivity index (χ3v) is 2.73. The Kier molecular flexibility index (Phi) is 4.84. The molecule has 2 N–H and O–H groups in total. The van der Waals surface area contributed by atoms with Crippen molar-refractivity contribution in [3.63, 3.8) is 0 Å². The molecule has 0 aliphatic heterocycles. The van der Waals surface area contributed by atoms with Gasteiger partial charge in [-0.3, -0.25) is 0 Å². The quantitative estimate of drug-likeness (QED) is 0.793. The summed E-state index contributed by atoms with van der Waals surface area (Å²) in [7, 11) is 0. The Morgan fingerprint density at radius 2 is 2.12 bits per heavy atom. The second-order valence-electron chi connectivity index (χ2n) is 4.65. The van der Waals surface area contributed by atoms with Crippen LogP contribution in [0.25, 0.3) is 0 Å². The molecule has 0 spiro atoms. The van der Waals surface area contributed by atoms with Gasteiger partial charge in [0.05, 0.1) is 12.5 Å². The first-order valence-electron chi connectivity index (χ1n) is 6.08. The van der Waals surface area contributed by atoms with Gasteiger partial charge in [-0.2, -0.15) is 5.26 Å². The molecule has 0 aliphatic rings. The molecule has 0 saturated heterocycles. The molecule has 1 aromatic carbocycles. The van der Waals surface area contributed by atoms with Crippen molar-refractivity contribution in [1.29, 1.82) is 5.26 Å². The summed E-state index contributed by atoms with van der Waals surface area (Å²) in [5.41, 5.74) is 8.63. The summed E-state index contributed by atoms with van der Waals surface area (Å²) in [5, 5.41) is 8.76. The van der Waals surface area contributed by atoms with Crippen LogP contribution in [0, 0.1) is 17.2 Å². The van der Waals surface area contributed by atoms with Crippen LogP contribution in [0.15, 0.2) is 18.2 Å². The Morgan fingerprint density at radius 1 is 1.41 bits per heavy atom. The van der Waals surface area contributed by atoms with E-state index in [4.69, 9.17) is 11.0 Å². The minimum absolute atomic E-state index is 0.374. The van der Waals surface area contributed by atoms with Crippen LogP contribution in [0.4, 0.5) is 11.4 Å².